The molecule has 0 fully saturated rings. The van der Waals surface area contributed by atoms with Crippen LogP contribution in [0.4, 0.5) is 5.69 Å². The summed E-state index contributed by atoms with van der Waals surface area (Å²) in [4.78, 5) is 12.9. The highest BCUT2D eigenvalue weighted by Gasteiger charge is 2.32. The highest BCUT2D eigenvalue weighted by Crippen LogP contribution is 2.44. The standard InChI is InChI=1S/C31H26N2O3.ClH/c1-35-31(34)21-10-3-2-9-20(21)27-22-14-13-18-7-4-12-25(32)26(18)30(22)36-29-23-11-6-16-33-15-5-8-19(28(23)33)17-24(27)29;/h2-4,7,9-10,12-14,17,32H,5-6,8,11,15-16H2,1H3;1H. The van der Waals surface area contributed by atoms with Gasteiger partial charge in [-0.1, -0.05) is 36.4 Å². The number of carbonyl (C=O) groups excluding carboxylic acids is 1. The van der Waals surface area contributed by atoms with E-state index in [2.05, 4.69) is 28.8 Å². The van der Waals surface area contributed by atoms with Gasteiger partial charge in [0.15, 0.2) is 0 Å². The molecule has 0 aliphatic carbocycles. The van der Waals surface area contributed by atoms with Crippen LogP contribution in [0.5, 0.6) is 11.5 Å². The van der Waals surface area contributed by atoms with E-state index in [1.165, 1.54) is 23.6 Å². The Bertz CT molecular complexity index is 1740. The fourth-order valence-electron chi connectivity index (χ4n) is 6.34. The zero-order valence-electron chi connectivity index (χ0n) is 20.6. The number of nitrogens with zero attached hydrogens (tertiary/aromatic N) is 1. The van der Waals surface area contributed by atoms with Crippen LogP contribution in [-0.2, 0) is 17.6 Å². The highest BCUT2D eigenvalue weighted by atomic mass is 35.5. The lowest BCUT2D eigenvalue weighted by molar-refractivity contribution is -0.0000220. The van der Waals surface area contributed by atoms with E-state index in [0.717, 1.165) is 83.0 Å². The summed E-state index contributed by atoms with van der Waals surface area (Å²) in [5, 5.41) is 4.34. The van der Waals surface area contributed by atoms with Crippen molar-refractivity contribution < 1.29 is 26.7 Å². The molecule has 37 heavy (non-hydrogen) atoms. The fraction of sp³-hybridized carbons (Fsp3) is 0.226. The summed E-state index contributed by atoms with van der Waals surface area (Å²) in [6.45, 7) is 2.18. The topological polar surface area (TPSA) is 64.6 Å². The van der Waals surface area contributed by atoms with E-state index in [-0.39, 0.29) is 18.4 Å². The summed E-state index contributed by atoms with van der Waals surface area (Å²) >= 11 is 0. The largest absolute Gasteiger partial charge is 1.00 e. The number of halogens is 1. The second kappa shape index (κ2) is 8.93. The van der Waals surface area contributed by atoms with E-state index in [0.29, 0.717) is 11.3 Å². The van der Waals surface area contributed by atoms with Crippen molar-refractivity contribution in [1.82, 2.24) is 4.58 Å². The number of hydrogen-bond donors (Lipinski definition) is 1. The lowest BCUT2D eigenvalue weighted by Gasteiger charge is -2.27. The number of methoxy groups -OCH3 is 1. The molecule has 5 nitrogen and oxygen atoms in total. The maximum atomic E-state index is 12.9. The highest BCUT2D eigenvalue weighted by molar-refractivity contribution is 6.05. The zero-order chi connectivity index (χ0) is 24.4. The summed E-state index contributed by atoms with van der Waals surface area (Å²) in [6, 6.07) is 20.1. The summed E-state index contributed by atoms with van der Waals surface area (Å²) in [7, 11) is 1.43. The molecule has 6 heteroatoms. The van der Waals surface area contributed by atoms with Crippen molar-refractivity contribution in [1.29, 1.82) is 0 Å². The predicted molar refractivity (Wildman–Crippen MR) is 141 cm³/mol. The number of ether oxygens (including phenoxy) is 2. The third kappa shape index (κ3) is 3.45. The number of anilines is 1. The number of fused-ring (bicyclic) bond motifs is 5. The maximum Gasteiger partial charge on any atom is 0.338 e. The van der Waals surface area contributed by atoms with Gasteiger partial charge in [-0.25, -0.2) is 9.37 Å². The van der Waals surface area contributed by atoms with Gasteiger partial charge in [-0.3, -0.25) is 0 Å². The van der Waals surface area contributed by atoms with E-state index in [4.69, 9.17) is 15.2 Å². The predicted octanol–water partition coefficient (Wildman–Crippen LogP) is 0.949. The molecule has 0 atom stereocenters. The number of hydrogen-bond acceptors (Lipinski definition) is 4. The molecule has 0 saturated heterocycles. The number of benzene rings is 4. The maximum absolute atomic E-state index is 12.9. The Balaban J connectivity index is 0.00000252. The minimum absolute atomic E-state index is 0. The molecule has 3 aliphatic rings. The van der Waals surface area contributed by atoms with Gasteiger partial charge in [-0.05, 0) is 48.1 Å². The summed E-state index contributed by atoms with van der Waals surface area (Å²) in [6.07, 6.45) is 4.28. The number of aryl methyl sites for hydroxylation is 1. The number of rotatable bonds is 2. The average Bonchev–Trinajstić information content (AvgIpc) is 2.92. The molecule has 0 unspecified atom stereocenters. The van der Waals surface area contributed by atoms with Gasteiger partial charge >= 0.3 is 5.97 Å². The number of esters is 1. The van der Waals surface area contributed by atoms with E-state index in [1.807, 2.05) is 36.4 Å². The van der Waals surface area contributed by atoms with Crippen molar-refractivity contribution in [2.24, 2.45) is 0 Å². The molecule has 3 aliphatic heterocycles. The van der Waals surface area contributed by atoms with Gasteiger partial charge in [0.2, 0.25) is 5.36 Å². The first-order valence-corrected chi connectivity index (χ1v) is 12.6. The molecule has 0 spiro atoms. The molecule has 7 rings (SSSR count). The van der Waals surface area contributed by atoms with Gasteiger partial charge in [-0.2, -0.15) is 0 Å². The molecule has 4 aromatic carbocycles. The Labute approximate surface area is 221 Å². The SMILES string of the molecule is COC(=O)c1ccccc1C1=c2cc3c4c(c2Oc2c1ccc1cccc(N)c21)CCC[N+]=4CCC3.[Cl-]. The Kier molecular flexibility index (Phi) is 5.68. The molecular formula is C31H27ClN2O3. The van der Waals surface area contributed by atoms with E-state index in [9.17, 15) is 4.79 Å². The van der Waals surface area contributed by atoms with Crippen LogP contribution >= 0.6 is 0 Å². The van der Waals surface area contributed by atoms with Crippen LogP contribution in [0.25, 0.3) is 16.3 Å². The molecular weight excluding hydrogens is 484 g/mol. The van der Waals surface area contributed by atoms with Crippen molar-refractivity contribution in [2.45, 2.75) is 25.7 Å². The molecule has 2 N–H and O–H groups in total. The average molecular weight is 511 g/mol. The second-order valence-corrected chi connectivity index (χ2v) is 9.84. The summed E-state index contributed by atoms with van der Waals surface area (Å²) in [5.74, 6) is 1.31. The molecule has 0 radical (unpaired) electrons. The second-order valence-electron chi connectivity index (χ2n) is 9.84. The minimum atomic E-state index is -0.349. The first-order chi connectivity index (χ1) is 17.7. The lowest BCUT2D eigenvalue weighted by Crippen LogP contribution is -3.00. The van der Waals surface area contributed by atoms with Gasteiger partial charge in [0.1, 0.15) is 24.6 Å². The Morgan fingerprint density at radius 3 is 2.59 bits per heavy atom. The van der Waals surface area contributed by atoms with Crippen molar-refractivity contribution in [3.8, 4) is 11.5 Å². The van der Waals surface area contributed by atoms with E-state index in [1.54, 1.807) is 0 Å². The molecule has 4 aromatic rings. The summed E-state index contributed by atoms with van der Waals surface area (Å²) < 4.78 is 14.6. The van der Waals surface area contributed by atoms with Gasteiger partial charge in [0.25, 0.3) is 0 Å². The van der Waals surface area contributed by atoms with Crippen molar-refractivity contribution >= 4 is 28.0 Å². The Morgan fingerprint density at radius 1 is 0.946 bits per heavy atom. The van der Waals surface area contributed by atoms with Crippen molar-refractivity contribution in [2.75, 3.05) is 25.9 Å². The van der Waals surface area contributed by atoms with Crippen LogP contribution in [-0.4, -0.2) is 26.2 Å². The Hall–Kier alpha value is -3.83. The van der Waals surface area contributed by atoms with E-state index >= 15 is 0 Å². The normalized spacial score (nSPS) is 15.2. The van der Waals surface area contributed by atoms with Gasteiger partial charge in [0, 0.05) is 45.8 Å². The van der Waals surface area contributed by atoms with Crippen LogP contribution in [0.15, 0.2) is 60.7 Å². The third-order valence-electron chi connectivity index (χ3n) is 7.85. The van der Waals surface area contributed by atoms with Crippen molar-refractivity contribution in [3.63, 3.8) is 0 Å². The van der Waals surface area contributed by atoms with Crippen LogP contribution in [0.1, 0.15) is 45.5 Å². The first-order valence-electron chi connectivity index (χ1n) is 12.6. The van der Waals surface area contributed by atoms with Crippen LogP contribution < -0.4 is 38.0 Å². The molecule has 0 saturated carbocycles. The van der Waals surface area contributed by atoms with E-state index < -0.39 is 0 Å². The monoisotopic (exact) mass is 510 g/mol. The van der Waals surface area contributed by atoms with Gasteiger partial charge in [0.05, 0.1) is 18.2 Å². The quantitative estimate of drug-likeness (QED) is 0.218. The van der Waals surface area contributed by atoms with Crippen molar-refractivity contribution in [3.05, 3.63) is 99.1 Å². The molecule has 0 bridgehead atoms. The molecule has 0 amide bonds. The fourth-order valence-corrected chi connectivity index (χ4v) is 6.34. The molecule has 186 valence electrons. The molecule has 0 aromatic heterocycles. The van der Waals surface area contributed by atoms with Gasteiger partial charge < -0.3 is 27.6 Å². The Morgan fingerprint density at radius 2 is 1.76 bits per heavy atom. The third-order valence-corrected chi connectivity index (χ3v) is 7.85. The smallest absolute Gasteiger partial charge is 0.338 e. The number of carbonyl (C=O) groups is 1. The summed E-state index contributed by atoms with van der Waals surface area (Å²) in [5.41, 5.74) is 13.2. The van der Waals surface area contributed by atoms with Crippen LogP contribution in [0, 0.1) is 0 Å². The minimum Gasteiger partial charge on any atom is -1.00 e. The number of nitrogens with two attached hydrogens (primary N) is 1. The van der Waals surface area contributed by atoms with Crippen LogP contribution in [0.2, 0.25) is 0 Å². The molecule has 3 heterocycles. The van der Waals surface area contributed by atoms with Crippen LogP contribution in [0.3, 0.4) is 0 Å². The van der Waals surface area contributed by atoms with Gasteiger partial charge in [-0.15, -0.1) is 0 Å². The first kappa shape index (κ1) is 23.6. The lowest BCUT2D eigenvalue weighted by atomic mass is 9.85. The zero-order valence-corrected chi connectivity index (χ0v) is 21.4. The number of nitrogen functional groups attached to an aromatic ring is 1.